The molecule has 0 spiro atoms. The van der Waals surface area contributed by atoms with Gasteiger partial charge in [0.05, 0.1) is 12.0 Å². The Bertz CT molecular complexity index is 371. The fourth-order valence-corrected chi connectivity index (χ4v) is 1.64. The highest BCUT2D eigenvalue weighted by Gasteiger charge is 2.35. The van der Waals surface area contributed by atoms with Gasteiger partial charge in [-0.3, -0.25) is 0 Å². The second-order valence-electron chi connectivity index (χ2n) is 3.58. The third kappa shape index (κ3) is 1.48. The van der Waals surface area contributed by atoms with Gasteiger partial charge in [-0.15, -0.1) is 0 Å². The summed E-state index contributed by atoms with van der Waals surface area (Å²) in [7, 11) is 0. The van der Waals surface area contributed by atoms with Crippen molar-refractivity contribution in [3.05, 3.63) is 35.4 Å². The lowest BCUT2D eigenvalue weighted by Gasteiger charge is -2.09. The molecule has 1 atom stereocenters. The van der Waals surface area contributed by atoms with Gasteiger partial charge in [0.2, 0.25) is 0 Å². The monoisotopic (exact) mass is 193 g/mol. The minimum atomic E-state index is -0.615. The van der Waals surface area contributed by atoms with Crippen molar-refractivity contribution in [1.29, 1.82) is 5.26 Å². The third-order valence-electron chi connectivity index (χ3n) is 2.54. The van der Waals surface area contributed by atoms with E-state index < -0.39 is 17.6 Å². The molecular formula is C11H9F2N. The Labute approximate surface area is 81.0 Å². The molecule has 0 heterocycles. The second-order valence-corrected chi connectivity index (χ2v) is 3.58. The standard InChI is InChI=1S/C11H9F2N/c12-9-2-1-3-10(13)11(9)8(6-14)7-4-5-7/h1-3,7-8H,4-5H2. The lowest BCUT2D eigenvalue weighted by Crippen LogP contribution is -2.04. The number of nitriles is 1. The van der Waals surface area contributed by atoms with E-state index in [1.807, 2.05) is 6.07 Å². The van der Waals surface area contributed by atoms with Crippen LogP contribution in [0.2, 0.25) is 0 Å². The molecule has 1 fully saturated rings. The summed E-state index contributed by atoms with van der Waals surface area (Å²) >= 11 is 0. The van der Waals surface area contributed by atoms with Gasteiger partial charge >= 0.3 is 0 Å². The molecule has 1 aromatic rings. The maximum atomic E-state index is 13.3. The average molecular weight is 193 g/mol. The van der Waals surface area contributed by atoms with Gasteiger partial charge in [0, 0.05) is 5.56 Å². The molecule has 0 N–H and O–H groups in total. The summed E-state index contributed by atoms with van der Waals surface area (Å²) in [5.41, 5.74) is -0.0579. The van der Waals surface area contributed by atoms with Crippen LogP contribution in [-0.2, 0) is 0 Å². The van der Waals surface area contributed by atoms with Crippen molar-refractivity contribution in [3.63, 3.8) is 0 Å². The molecule has 14 heavy (non-hydrogen) atoms. The zero-order valence-corrected chi connectivity index (χ0v) is 7.50. The van der Waals surface area contributed by atoms with Gasteiger partial charge in [-0.1, -0.05) is 6.07 Å². The van der Waals surface area contributed by atoms with E-state index in [1.54, 1.807) is 0 Å². The Morgan fingerprint density at radius 2 is 1.86 bits per heavy atom. The fourth-order valence-electron chi connectivity index (χ4n) is 1.64. The molecule has 72 valence electrons. The Kier molecular flexibility index (Phi) is 2.20. The molecule has 0 amide bonds. The molecule has 3 heteroatoms. The van der Waals surface area contributed by atoms with E-state index >= 15 is 0 Å². The molecule has 2 rings (SSSR count). The van der Waals surface area contributed by atoms with E-state index in [-0.39, 0.29) is 11.5 Å². The first-order valence-electron chi connectivity index (χ1n) is 4.57. The highest BCUT2D eigenvalue weighted by Crippen LogP contribution is 2.43. The van der Waals surface area contributed by atoms with Crippen molar-refractivity contribution in [2.75, 3.05) is 0 Å². The quantitative estimate of drug-likeness (QED) is 0.708. The molecular weight excluding hydrogens is 184 g/mol. The van der Waals surface area contributed by atoms with E-state index in [0.29, 0.717) is 0 Å². The van der Waals surface area contributed by atoms with Crippen LogP contribution in [0.4, 0.5) is 8.78 Å². The first-order chi connectivity index (χ1) is 6.74. The predicted octanol–water partition coefficient (Wildman–Crippen LogP) is 2.98. The molecule has 0 aromatic heterocycles. The average Bonchev–Trinajstić information content (AvgIpc) is 2.95. The smallest absolute Gasteiger partial charge is 0.130 e. The number of halogens is 2. The number of nitrogens with zero attached hydrogens (tertiary/aromatic N) is 1. The normalized spacial score (nSPS) is 17.5. The highest BCUT2D eigenvalue weighted by atomic mass is 19.1. The van der Waals surface area contributed by atoms with Crippen molar-refractivity contribution in [1.82, 2.24) is 0 Å². The van der Waals surface area contributed by atoms with Crippen LogP contribution in [0.5, 0.6) is 0 Å². The Hall–Kier alpha value is -1.43. The van der Waals surface area contributed by atoms with Crippen LogP contribution >= 0.6 is 0 Å². The van der Waals surface area contributed by atoms with Crippen LogP contribution in [-0.4, -0.2) is 0 Å². The van der Waals surface area contributed by atoms with Crippen molar-refractivity contribution in [3.8, 4) is 6.07 Å². The summed E-state index contributed by atoms with van der Waals surface area (Å²) in [6, 6.07) is 5.70. The maximum Gasteiger partial charge on any atom is 0.130 e. The Balaban J connectivity index is 2.43. The number of benzene rings is 1. The molecule has 1 aliphatic carbocycles. The minimum Gasteiger partial charge on any atom is -0.207 e. The minimum absolute atomic E-state index is 0.0579. The lowest BCUT2D eigenvalue weighted by atomic mass is 9.95. The van der Waals surface area contributed by atoms with Gasteiger partial charge in [-0.2, -0.15) is 5.26 Å². The summed E-state index contributed by atoms with van der Waals surface area (Å²) in [6.45, 7) is 0. The lowest BCUT2D eigenvalue weighted by molar-refractivity contribution is 0.532. The highest BCUT2D eigenvalue weighted by molar-refractivity contribution is 5.30. The van der Waals surface area contributed by atoms with Gasteiger partial charge in [-0.25, -0.2) is 8.78 Å². The topological polar surface area (TPSA) is 23.8 Å². The van der Waals surface area contributed by atoms with Gasteiger partial charge in [0.25, 0.3) is 0 Å². The second kappa shape index (κ2) is 3.38. The van der Waals surface area contributed by atoms with Gasteiger partial charge in [-0.05, 0) is 30.9 Å². The first kappa shape index (κ1) is 9.14. The van der Waals surface area contributed by atoms with Crippen LogP contribution in [0.1, 0.15) is 24.3 Å². The van der Waals surface area contributed by atoms with Gasteiger partial charge < -0.3 is 0 Å². The van der Waals surface area contributed by atoms with E-state index in [4.69, 9.17) is 5.26 Å². The maximum absolute atomic E-state index is 13.3. The van der Waals surface area contributed by atoms with E-state index in [1.165, 1.54) is 18.2 Å². The summed E-state index contributed by atoms with van der Waals surface area (Å²) in [5.74, 6) is -1.69. The van der Waals surface area contributed by atoms with Crippen molar-refractivity contribution < 1.29 is 8.78 Å². The molecule has 0 aliphatic heterocycles. The number of hydrogen-bond acceptors (Lipinski definition) is 1. The van der Waals surface area contributed by atoms with Crippen molar-refractivity contribution >= 4 is 0 Å². The molecule has 1 unspecified atom stereocenters. The van der Waals surface area contributed by atoms with Crippen LogP contribution in [0.25, 0.3) is 0 Å². The summed E-state index contributed by atoms with van der Waals surface area (Å²) < 4.78 is 26.6. The van der Waals surface area contributed by atoms with Crippen molar-refractivity contribution in [2.45, 2.75) is 18.8 Å². The summed E-state index contributed by atoms with van der Waals surface area (Å²) in [5, 5.41) is 8.86. The molecule has 0 bridgehead atoms. The summed E-state index contributed by atoms with van der Waals surface area (Å²) in [4.78, 5) is 0. The van der Waals surface area contributed by atoms with E-state index in [9.17, 15) is 8.78 Å². The molecule has 1 saturated carbocycles. The zero-order valence-electron chi connectivity index (χ0n) is 7.50. The molecule has 1 aliphatic rings. The van der Waals surface area contributed by atoms with Crippen molar-refractivity contribution in [2.24, 2.45) is 5.92 Å². The van der Waals surface area contributed by atoms with Crippen LogP contribution in [0, 0.1) is 28.9 Å². The molecule has 1 nitrogen and oxygen atoms in total. The van der Waals surface area contributed by atoms with Crippen LogP contribution in [0.15, 0.2) is 18.2 Å². The Morgan fingerprint density at radius 1 is 1.29 bits per heavy atom. The first-order valence-corrected chi connectivity index (χ1v) is 4.57. The SMILES string of the molecule is N#CC(c1c(F)cccc1F)C1CC1. The molecule has 0 radical (unpaired) electrons. The van der Waals surface area contributed by atoms with Crippen LogP contribution < -0.4 is 0 Å². The third-order valence-corrected chi connectivity index (χ3v) is 2.54. The van der Waals surface area contributed by atoms with E-state index in [0.717, 1.165) is 12.8 Å². The Morgan fingerprint density at radius 3 is 2.29 bits per heavy atom. The zero-order chi connectivity index (χ0) is 10.1. The van der Waals surface area contributed by atoms with E-state index in [2.05, 4.69) is 0 Å². The van der Waals surface area contributed by atoms with Gasteiger partial charge in [0.1, 0.15) is 11.6 Å². The summed E-state index contributed by atoms with van der Waals surface area (Å²) in [6.07, 6.45) is 1.79. The fraction of sp³-hybridized carbons (Fsp3) is 0.364. The molecule has 0 saturated heterocycles. The van der Waals surface area contributed by atoms with Gasteiger partial charge in [0.15, 0.2) is 0 Å². The number of hydrogen-bond donors (Lipinski definition) is 0. The predicted molar refractivity (Wildman–Crippen MR) is 47.4 cm³/mol. The van der Waals surface area contributed by atoms with Crippen LogP contribution in [0.3, 0.4) is 0 Å². The largest absolute Gasteiger partial charge is 0.207 e. The number of rotatable bonds is 2. The molecule has 1 aromatic carbocycles.